The maximum Gasteiger partial charge on any atom is -0.00139 e. The van der Waals surface area contributed by atoms with E-state index >= 15 is 0 Å². The molecule has 19 rings (SSSR count). The number of hydrogen-bond donors (Lipinski definition) is 0. The van der Waals surface area contributed by atoms with Gasteiger partial charge in [-0.15, -0.1) is 0 Å². The lowest BCUT2D eigenvalue weighted by atomic mass is 9.82. The van der Waals surface area contributed by atoms with Crippen LogP contribution >= 0.6 is 0 Å². The molecule has 0 unspecified atom stereocenters. The van der Waals surface area contributed by atoms with E-state index < -0.39 is 0 Å². The summed E-state index contributed by atoms with van der Waals surface area (Å²) in [6.45, 7) is 0. The minimum absolute atomic E-state index is 1.22. The fourth-order valence-corrected chi connectivity index (χ4v) is 15.7. The summed E-state index contributed by atoms with van der Waals surface area (Å²) in [5, 5.41) is 20.8. The fraction of sp³-hybridized carbons (Fsp3) is 0. The van der Waals surface area contributed by atoms with Gasteiger partial charge in [-0.2, -0.15) is 0 Å². The van der Waals surface area contributed by atoms with E-state index in [9.17, 15) is 0 Å². The van der Waals surface area contributed by atoms with E-state index in [4.69, 9.17) is 0 Å². The van der Waals surface area contributed by atoms with Crippen LogP contribution in [0.5, 0.6) is 0 Å². The summed E-state index contributed by atoms with van der Waals surface area (Å²) in [5.74, 6) is 0. The first-order chi connectivity index (χ1) is 41.7. The second kappa shape index (κ2) is 17.3. The molecule has 0 atom stereocenters. The molecule has 0 radical (unpaired) electrons. The molecule has 0 heterocycles. The molecule has 2 aliphatic rings. The predicted molar refractivity (Wildman–Crippen MR) is 359 cm³/mol. The van der Waals surface area contributed by atoms with Gasteiger partial charge in [0, 0.05) is 0 Å². The van der Waals surface area contributed by atoms with Gasteiger partial charge < -0.3 is 0 Å². The van der Waals surface area contributed by atoms with E-state index in [2.05, 4.69) is 291 Å². The highest BCUT2D eigenvalue weighted by Crippen LogP contribution is 2.59. The summed E-state index contributed by atoms with van der Waals surface area (Å²) in [5.41, 5.74) is 25.4. The van der Waals surface area contributed by atoms with E-state index in [-0.39, 0.29) is 0 Å². The van der Waals surface area contributed by atoms with Gasteiger partial charge in [-0.1, -0.05) is 267 Å². The molecule has 0 amide bonds. The highest BCUT2D eigenvalue weighted by atomic mass is 14.3. The summed E-state index contributed by atoms with van der Waals surface area (Å²) in [4.78, 5) is 0. The Balaban J connectivity index is 0.864. The van der Waals surface area contributed by atoms with Crippen molar-refractivity contribution in [3.63, 3.8) is 0 Å². The Hall–Kier alpha value is -10.9. The largest absolute Gasteiger partial charge is 0.0622 e. The first-order valence-corrected chi connectivity index (χ1v) is 29.4. The topological polar surface area (TPSA) is 0 Å². The van der Waals surface area contributed by atoms with Crippen LogP contribution in [0, 0.1) is 0 Å². The van der Waals surface area contributed by atoms with Crippen LogP contribution < -0.4 is 0 Å². The van der Waals surface area contributed by atoms with Gasteiger partial charge in [-0.05, 0) is 222 Å². The number of hydrogen-bond acceptors (Lipinski definition) is 0. The van der Waals surface area contributed by atoms with Gasteiger partial charge in [0.1, 0.15) is 0 Å². The van der Waals surface area contributed by atoms with Crippen LogP contribution in [0.4, 0.5) is 0 Å². The molecule has 0 spiro atoms. The first-order valence-electron chi connectivity index (χ1n) is 29.4. The van der Waals surface area contributed by atoms with Crippen LogP contribution in [-0.2, 0) is 0 Å². The Morgan fingerprint density at radius 1 is 0.119 bits per heavy atom. The van der Waals surface area contributed by atoms with Crippen molar-refractivity contribution in [3.8, 4) is 111 Å². The van der Waals surface area contributed by atoms with Crippen molar-refractivity contribution < 1.29 is 0 Å². The number of fused-ring (bicyclic) bond motifs is 12. The summed E-state index contributed by atoms with van der Waals surface area (Å²) < 4.78 is 0. The van der Waals surface area contributed by atoms with Gasteiger partial charge in [0.05, 0.1) is 0 Å². The molecule has 384 valence electrons. The van der Waals surface area contributed by atoms with E-state index in [0.717, 1.165) is 0 Å². The zero-order chi connectivity index (χ0) is 54.7. The Labute approximate surface area is 485 Å². The second-order valence-electron chi connectivity index (χ2n) is 23.2. The summed E-state index contributed by atoms with van der Waals surface area (Å²) in [6, 6.07) is 110. The molecule has 84 heavy (non-hydrogen) atoms. The quantitative estimate of drug-likeness (QED) is 0.115. The smallest absolute Gasteiger partial charge is 0.00139 e. The monoisotopic (exact) mass is 1060 g/mol. The van der Waals surface area contributed by atoms with Gasteiger partial charge in [0.2, 0.25) is 0 Å². The summed E-state index contributed by atoms with van der Waals surface area (Å²) >= 11 is 0. The fourth-order valence-electron chi connectivity index (χ4n) is 15.7. The van der Waals surface area contributed by atoms with Crippen molar-refractivity contribution in [2.24, 2.45) is 0 Å². The minimum atomic E-state index is 1.22. The van der Waals surface area contributed by atoms with Crippen LogP contribution in [0.15, 0.2) is 291 Å². The Kier molecular flexibility index (Phi) is 9.43. The molecular formula is C84H48. The zero-order valence-corrected chi connectivity index (χ0v) is 45.7. The van der Waals surface area contributed by atoms with Gasteiger partial charge in [0.25, 0.3) is 0 Å². The van der Waals surface area contributed by atoms with Crippen molar-refractivity contribution in [1.29, 1.82) is 0 Å². The normalized spacial score (nSPS) is 12.3. The van der Waals surface area contributed by atoms with Crippen LogP contribution in [0.25, 0.3) is 197 Å². The molecule has 0 N–H and O–H groups in total. The predicted octanol–water partition coefficient (Wildman–Crippen LogP) is 23.6. The van der Waals surface area contributed by atoms with E-state index in [1.165, 1.54) is 197 Å². The Bertz CT molecular complexity index is 5300. The third kappa shape index (κ3) is 6.21. The van der Waals surface area contributed by atoms with E-state index in [1.807, 2.05) is 0 Å². The van der Waals surface area contributed by atoms with Gasteiger partial charge in [-0.25, -0.2) is 0 Å². The molecule has 0 aliphatic heterocycles. The third-order valence-corrected chi connectivity index (χ3v) is 19.1. The van der Waals surface area contributed by atoms with Crippen molar-refractivity contribution in [1.82, 2.24) is 0 Å². The molecule has 0 saturated carbocycles. The van der Waals surface area contributed by atoms with Crippen molar-refractivity contribution in [2.75, 3.05) is 0 Å². The SMILES string of the molecule is c1ccc(-c2ccccc2-c2c3ccccc3c(-c3ccccc3)c3cc4c(cc23)-c2ccc3c5ccc6c7c(ccc(c8ccc-4c2c83)c75)-c2cc3c(-c4ccccc4-c4ccccc4)c4ccccc4c(-c4ccccc4)c3cc2-6)cc1. The summed E-state index contributed by atoms with van der Waals surface area (Å²) in [7, 11) is 0. The minimum Gasteiger partial charge on any atom is -0.0622 e. The average Bonchev–Trinajstić information content (AvgIpc) is 1.64. The molecule has 0 aromatic heterocycles. The lowest BCUT2D eigenvalue weighted by molar-refractivity contribution is 1.60. The number of benzene rings is 17. The summed E-state index contributed by atoms with van der Waals surface area (Å²) in [6.07, 6.45) is 0. The van der Waals surface area contributed by atoms with Crippen LogP contribution in [-0.4, -0.2) is 0 Å². The van der Waals surface area contributed by atoms with Crippen LogP contribution in [0.2, 0.25) is 0 Å². The van der Waals surface area contributed by atoms with E-state index in [0.29, 0.717) is 0 Å². The molecule has 17 aromatic carbocycles. The highest BCUT2D eigenvalue weighted by Gasteiger charge is 2.32. The maximum absolute atomic E-state index is 2.55. The zero-order valence-electron chi connectivity index (χ0n) is 45.7. The molecule has 0 fully saturated rings. The van der Waals surface area contributed by atoms with Gasteiger partial charge in [0.15, 0.2) is 0 Å². The Morgan fingerprint density at radius 2 is 0.369 bits per heavy atom. The molecule has 0 heteroatoms. The Morgan fingerprint density at radius 3 is 0.690 bits per heavy atom. The lowest BCUT2D eigenvalue weighted by Crippen LogP contribution is -1.93. The molecule has 0 bridgehead atoms. The second-order valence-corrected chi connectivity index (χ2v) is 23.2. The number of rotatable bonds is 6. The van der Waals surface area contributed by atoms with Crippen LogP contribution in [0.3, 0.4) is 0 Å². The highest BCUT2D eigenvalue weighted by molar-refractivity contribution is 6.41. The lowest BCUT2D eigenvalue weighted by Gasteiger charge is -2.21. The molecule has 0 saturated heterocycles. The van der Waals surface area contributed by atoms with E-state index in [1.54, 1.807) is 0 Å². The van der Waals surface area contributed by atoms with Gasteiger partial charge >= 0.3 is 0 Å². The van der Waals surface area contributed by atoms with Crippen molar-refractivity contribution in [2.45, 2.75) is 0 Å². The van der Waals surface area contributed by atoms with Crippen molar-refractivity contribution >= 4 is 86.2 Å². The standard InChI is InChI=1S/C84H48/c1-5-21-49(22-6-1)53-29-13-15-31-55(53)79-59-35-19-17-33-57(59)77(51-25-9-3-10-26-51)73-45-69-65-41-37-61-64-40-44-68-72-48-76-74(46-70(72)66-42-38-62(82(64)84(66)68)63-39-43-67(83(65)81(61)63)71(69)47-75(73)79)78(52-27-11-4-12-28-52)58-34-18-20-36-60(58)80(76)56-32-16-14-30-54(56)50-23-7-2-8-24-50/h1-48H. The van der Waals surface area contributed by atoms with Crippen LogP contribution in [0.1, 0.15) is 0 Å². The maximum atomic E-state index is 2.55. The first kappa shape index (κ1) is 45.8. The van der Waals surface area contributed by atoms with Crippen molar-refractivity contribution in [3.05, 3.63) is 291 Å². The molecule has 2 aliphatic carbocycles. The average molecular weight is 1060 g/mol. The molecule has 17 aromatic rings. The third-order valence-electron chi connectivity index (χ3n) is 19.1. The molecular weight excluding hydrogens is 1010 g/mol. The molecule has 0 nitrogen and oxygen atoms in total. The van der Waals surface area contributed by atoms with Gasteiger partial charge in [-0.3, -0.25) is 0 Å².